The van der Waals surface area contributed by atoms with E-state index in [9.17, 15) is 13.6 Å². The molecular formula is C20H14F2N4OS. The van der Waals surface area contributed by atoms with Crippen LogP contribution in [0.15, 0.2) is 60.8 Å². The van der Waals surface area contributed by atoms with Gasteiger partial charge in [-0.25, -0.2) is 13.8 Å². The first-order valence-electron chi connectivity index (χ1n) is 8.34. The van der Waals surface area contributed by atoms with Crippen molar-refractivity contribution in [1.82, 2.24) is 14.8 Å². The average molecular weight is 396 g/mol. The molecule has 4 rings (SSSR count). The van der Waals surface area contributed by atoms with Gasteiger partial charge in [0.15, 0.2) is 11.6 Å². The molecular weight excluding hydrogens is 382 g/mol. The Balaban J connectivity index is 1.60. The lowest BCUT2D eigenvalue weighted by Gasteiger charge is -2.03. The number of aromatic nitrogens is 3. The van der Waals surface area contributed by atoms with Crippen LogP contribution in [0.3, 0.4) is 0 Å². The van der Waals surface area contributed by atoms with Gasteiger partial charge in [0.05, 0.1) is 21.1 Å². The van der Waals surface area contributed by atoms with Gasteiger partial charge in [-0.15, -0.1) is 11.3 Å². The molecule has 8 heteroatoms. The first-order chi connectivity index (χ1) is 13.5. The molecule has 3 heterocycles. The molecule has 0 saturated carbocycles. The highest BCUT2D eigenvalue weighted by molar-refractivity contribution is 7.17. The second-order valence-electron chi connectivity index (χ2n) is 5.97. The van der Waals surface area contributed by atoms with Crippen molar-refractivity contribution in [3.05, 3.63) is 77.3 Å². The number of benzene rings is 1. The number of halogens is 2. The fraction of sp³-hybridized carbons (Fsp3) is 0.0500. The molecule has 0 saturated heterocycles. The topological polar surface area (TPSA) is 59.8 Å². The van der Waals surface area contributed by atoms with Crippen LogP contribution in [0.4, 0.5) is 14.6 Å². The van der Waals surface area contributed by atoms with Crippen LogP contribution < -0.4 is 5.32 Å². The summed E-state index contributed by atoms with van der Waals surface area (Å²) in [5.74, 6) is -1.53. The molecule has 140 valence electrons. The number of hydrogen-bond acceptors (Lipinski definition) is 4. The molecule has 0 bridgehead atoms. The van der Waals surface area contributed by atoms with Crippen LogP contribution in [0.5, 0.6) is 0 Å². The smallest absolute Gasteiger partial charge is 0.266 e. The van der Waals surface area contributed by atoms with E-state index in [1.165, 1.54) is 35.7 Å². The number of nitrogens with zero attached hydrogens (tertiary/aromatic N) is 3. The number of hydrogen-bond donors (Lipinski definition) is 1. The number of aryl methyl sites for hydroxylation is 1. The summed E-state index contributed by atoms with van der Waals surface area (Å²) in [7, 11) is 1.75. The van der Waals surface area contributed by atoms with Gasteiger partial charge in [0.1, 0.15) is 5.82 Å². The van der Waals surface area contributed by atoms with Crippen LogP contribution in [0.2, 0.25) is 0 Å². The Labute approximate surface area is 163 Å². The van der Waals surface area contributed by atoms with Gasteiger partial charge in [0.25, 0.3) is 5.91 Å². The maximum atomic E-state index is 14.0. The Morgan fingerprint density at radius 3 is 2.64 bits per heavy atom. The summed E-state index contributed by atoms with van der Waals surface area (Å²) in [6.07, 6.45) is 1.40. The lowest BCUT2D eigenvalue weighted by Crippen LogP contribution is -2.12. The van der Waals surface area contributed by atoms with E-state index in [0.717, 1.165) is 10.6 Å². The number of nitrogens with one attached hydrogen (secondary N) is 1. The van der Waals surface area contributed by atoms with Gasteiger partial charge in [-0.3, -0.25) is 9.48 Å². The lowest BCUT2D eigenvalue weighted by atomic mass is 10.1. The summed E-state index contributed by atoms with van der Waals surface area (Å²) in [6, 6.07) is 14.3. The largest absolute Gasteiger partial charge is 0.303 e. The molecule has 0 aliphatic carbocycles. The fourth-order valence-corrected chi connectivity index (χ4v) is 3.69. The third kappa shape index (κ3) is 3.41. The van der Waals surface area contributed by atoms with Crippen molar-refractivity contribution >= 4 is 23.1 Å². The molecule has 0 radical (unpaired) electrons. The minimum absolute atomic E-state index is 0.121. The first kappa shape index (κ1) is 18.0. The third-order valence-corrected chi connectivity index (χ3v) is 5.21. The summed E-state index contributed by atoms with van der Waals surface area (Å²) in [6.45, 7) is 0. The first-order valence-corrected chi connectivity index (χ1v) is 9.15. The monoisotopic (exact) mass is 396 g/mol. The van der Waals surface area contributed by atoms with Gasteiger partial charge in [0.2, 0.25) is 0 Å². The zero-order chi connectivity index (χ0) is 19.7. The summed E-state index contributed by atoms with van der Waals surface area (Å²) in [4.78, 5) is 17.4. The van der Waals surface area contributed by atoms with Crippen molar-refractivity contribution in [3.63, 3.8) is 0 Å². The number of carbonyl (C=O) groups excluding carboxylic acids is 1. The molecule has 1 amide bonds. The fourth-order valence-electron chi connectivity index (χ4n) is 2.74. The summed E-state index contributed by atoms with van der Waals surface area (Å²) in [5, 5.41) is 6.83. The number of rotatable bonds is 4. The molecule has 0 aliphatic heterocycles. The minimum atomic E-state index is -0.603. The van der Waals surface area contributed by atoms with Crippen molar-refractivity contribution in [2.75, 3.05) is 5.32 Å². The van der Waals surface area contributed by atoms with E-state index >= 15 is 0 Å². The van der Waals surface area contributed by atoms with Crippen LogP contribution in [-0.2, 0) is 7.05 Å². The Morgan fingerprint density at radius 2 is 1.86 bits per heavy atom. The van der Waals surface area contributed by atoms with Gasteiger partial charge < -0.3 is 5.32 Å². The summed E-state index contributed by atoms with van der Waals surface area (Å²) >= 11 is 1.23. The molecule has 0 atom stereocenters. The third-order valence-electron chi connectivity index (χ3n) is 4.10. The number of amides is 1. The van der Waals surface area contributed by atoms with Gasteiger partial charge in [0, 0.05) is 18.8 Å². The van der Waals surface area contributed by atoms with E-state index in [1.54, 1.807) is 48.1 Å². The van der Waals surface area contributed by atoms with Crippen molar-refractivity contribution in [3.8, 4) is 21.8 Å². The van der Waals surface area contributed by atoms with E-state index in [0.29, 0.717) is 16.1 Å². The second kappa shape index (κ2) is 7.32. The molecule has 5 nitrogen and oxygen atoms in total. The highest BCUT2D eigenvalue weighted by Gasteiger charge is 2.17. The number of pyridine rings is 1. The molecule has 0 spiro atoms. The van der Waals surface area contributed by atoms with Crippen molar-refractivity contribution in [1.29, 1.82) is 0 Å². The second-order valence-corrected chi connectivity index (χ2v) is 7.05. The van der Waals surface area contributed by atoms with Gasteiger partial charge >= 0.3 is 0 Å². The number of anilines is 1. The predicted molar refractivity (Wildman–Crippen MR) is 104 cm³/mol. The lowest BCUT2D eigenvalue weighted by molar-refractivity contribution is 0.102. The Morgan fingerprint density at radius 1 is 1.07 bits per heavy atom. The van der Waals surface area contributed by atoms with Crippen LogP contribution in [0, 0.1) is 11.6 Å². The average Bonchev–Trinajstić information content (AvgIpc) is 3.31. The highest BCUT2D eigenvalue weighted by Crippen LogP contribution is 2.32. The Kier molecular flexibility index (Phi) is 4.70. The van der Waals surface area contributed by atoms with E-state index in [-0.39, 0.29) is 11.6 Å². The van der Waals surface area contributed by atoms with E-state index in [1.807, 2.05) is 0 Å². The quantitative estimate of drug-likeness (QED) is 0.542. The van der Waals surface area contributed by atoms with Gasteiger partial charge in [-0.05, 0) is 42.5 Å². The predicted octanol–water partition coefficient (Wildman–Crippen LogP) is 4.74. The van der Waals surface area contributed by atoms with E-state index < -0.39 is 11.7 Å². The van der Waals surface area contributed by atoms with Crippen LogP contribution in [0.1, 0.15) is 9.67 Å². The highest BCUT2D eigenvalue weighted by atomic mass is 32.1. The molecule has 0 fully saturated rings. The van der Waals surface area contributed by atoms with Crippen molar-refractivity contribution in [2.24, 2.45) is 7.05 Å². The van der Waals surface area contributed by atoms with Crippen molar-refractivity contribution in [2.45, 2.75) is 0 Å². The molecule has 0 unspecified atom stereocenters. The maximum absolute atomic E-state index is 14.0. The maximum Gasteiger partial charge on any atom is 0.266 e. The summed E-state index contributed by atoms with van der Waals surface area (Å²) in [5.41, 5.74) is 1.65. The normalized spacial score (nSPS) is 10.8. The zero-order valence-electron chi connectivity index (χ0n) is 14.7. The van der Waals surface area contributed by atoms with Crippen LogP contribution >= 0.6 is 11.3 Å². The molecule has 4 aromatic rings. The zero-order valence-corrected chi connectivity index (χ0v) is 15.5. The molecule has 0 aliphatic rings. The van der Waals surface area contributed by atoms with Gasteiger partial charge in [-0.1, -0.05) is 12.1 Å². The van der Waals surface area contributed by atoms with E-state index in [2.05, 4.69) is 15.4 Å². The molecule has 1 N–H and O–H groups in total. The SMILES string of the molecule is Cn1nc(-c2ccccc2F)cc1-c1ccc(C(=O)Nc2ncccc2F)s1. The Bertz CT molecular complexity index is 1170. The molecule has 3 aromatic heterocycles. The van der Waals surface area contributed by atoms with Crippen LogP contribution in [-0.4, -0.2) is 20.7 Å². The van der Waals surface area contributed by atoms with Crippen molar-refractivity contribution < 1.29 is 13.6 Å². The minimum Gasteiger partial charge on any atom is -0.303 e. The van der Waals surface area contributed by atoms with Crippen LogP contribution in [0.25, 0.3) is 21.8 Å². The van der Waals surface area contributed by atoms with Gasteiger partial charge in [-0.2, -0.15) is 5.10 Å². The Hall–Kier alpha value is -3.39. The molecule has 28 heavy (non-hydrogen) atoms. The number of carbonyl (C=O) groups is 1. The number of thiophene rings is 1. The summed E-state index contributed by atoms with van der Waals surface area (Å²) < 4.78 is 29.3. The standard InChI is InChI=1S/C20H14F2N4OS/c1-26-16(11-15(25-26)12-5-2-3-6-13(12)21)17-8-9-18(28-17)20(27)24-19-14(22)7-4-10-23-19/h2-11H,1H3,(H,23,24,27). The van der Waals surface area contributed by atoms with E-state index in [4.69, 9.17) is 0 Å². The molecule has 1 aromatic carbocycles.